The van der Waals surface area contributed by atoms with Crippen molar-refractivity contribution >= 4 is 23.1 Å². The smallest absolute Gasteiger partial charge is 0.338 e. The Morgan fingerprint density at radius 2 is 1.93 bits per heavy atom. The number of nitrogens with two attached hydrogens (primary N) is 1. The van der Waals surface area contributed by atoms with Crippen molar-refractivity contribution in [2.75, 3.05) is 39.4 Å². The topological polar surface area (TPSA) is 124 Å². The lowest BCUT2D eigenvalue weighted by Crippen LogP contribution is -2.43. The third kappa shape index (κ3) is 5.06. The zero-order valence-electron chi connectivity index (χ0n) is 17.8. The first-order valence-electron chi connectivity index (χ1n) is 10.1. The molecule has 2 aromatic heterocycles. The van der Waals surface area contributed by atoms with Gasteiger partial charge in [-0.15, -0.1) is 0 Å². The van der Waals surface area contributed by atoms with Crippen LogP contribution in [-0.4, -0.2) is 70.3 Å². The summed E-state index contributed by atoms with van der Waals surface area (Å²) in [6, 6.07) is 2.96. The molecule has 0 aromatic carbocycles. The number of primary amides is 1. The van der Waals surface area contributed by atoms with Crippen molar-refractivity contribution in [3.8, 4) is 0 Å². The number of carbonyl (C=O) groups is 2. The summed E-state index contributed by atoms with van der Waals surface area (Å²) >= 11 is 0. The molecule has 10 heteroatoms. The van der Waals surface area contributed by atoms with Crippen LogP contribution in [0.25, 0.3) is 11.2 Å². The molecular formula is C20H30N6O4. The fraction of sp³-hybridized carbons (Fsp3) is 0.600. The molecule has 0 saturated carbocycles. The van der Waals surface area contributed by atoms with E-state index in [0.29, 0.717) is 37.5 Å². The average Bonchev–Trinajstić information content (AvgIpc) is 2.95. The van der Waals surface area contributed by atoms with Crippen molar-refractivity contribution < 1.29 is 14.3 Å². The largest absolute Gasteiger partial charge is 0.379 e. The highest BCUT2D eigenvalue weighted by molar-refractivity contribution is 5.88. The summed E-state index contributed by atoms with van der Waals surface area (Å²) in [5.41, 5.74) is 6.04. The van der Waals surface area contributed by atoms with Crippen molar-refractivity contribution in [2.24, 2.45) is 11.1 Å². The molecule has 0 spiro atoms. The van der Waals surface area contributed by atoms with Crippen LogP contribution in [0.4, 0.5) is 4.79 Å². The Morgan fingerprint density at radius 3 is 2.60 bits per heavy atom. The van der Waals surface area contributed by atoms with Crippen molar-refractivity contribution in [1.82, 2.24) is 24.3 Å². The number of ether oxygens (including phenoxy) is 1. The van der Waals surface area contributed by atoms with Crippen molar-refractivity contribution in [3.63, 3.8) is 0 Å². The van der Waals surface area contributed by atoms with Gasteiger partial charge >= 0.3 is 11.7 Å². The number of hydrogen-bond acceptors (Lipinski definition) is 6. The molecule has 30 heavy (non-hydrogen) atoms. The van der Waals surface area contributed by atoms with E-state index >= 15 is 0 Å². The molecule has 0 aliphatic carbocycles. The molecule has 0 radical (unpaired) electrons. The lowest BCUT2D eigenvalue weighted by molar-refractivity contribution is -0.119. The molecule has 1 aliphatic heterocycles. The van der Waals surface area contributed by atoms with E-state index in [1.165, 1.54) is 0 Å². The minimum absolute atomic E-state index is 0.129. The molecule has 3 N–H and O–H groups in total. The molecular weight excluding hydrogens is 388 g/mol. The number of imidazole rings is 1. The van der Waals surface area contributed by atoms with E-state index in [9.17, 15) is 14.4 Å². The Balaban J connectivity index is 1.85. The maximum absolute atomic E-state index is 13.1. The zero-order chi connectivity index (χ0) is 21.9. The van der Waals surface area contributed by atoms with Gasteiger partial charge in [-0.2, -0.15) is 0 Å². The average molecular weight is 418 g/mol. The predicted molar refractivity (Wildman–Crippen MR) is 112 cm³/mol. The number of fused-ring (bicyclic) bond motifs is 1. The molecule has 0 atom stereocenters. The molecule has 0 unspecified atom stereocenters. The second-order valence-electron chi connectivity index (χ2n) is 8.49. The van der Waals surface area contributed by atoms with E-state index in [1.807, 2.05) is 20.8 Å². The quantitative estimate of drug-likeness (QED) is 0.666. The van der Waals surface area contributed by atoms with Crippen molar-refractivity contribution in [1.29, 1.82) is 0 Å². The Hall–Kier alpha value is -2.72. The summed E-state index contributed by atoms with van der Waals surface area (Å²) in [5.74, 6) is -0.439. The first-order chi connectivity index (χ1) is 14.2. The summed E-state index contributed by atoms with van der Waals surface area (Å²) in [7, 11) is 0. The van der Waals surface area contributed by atoms with Gasteiger partial charge in [-0.05, 0) is 24.5 Å². The number of aromatic nitrogens is 3. The zero-order valence-corrected chi connectivity index (χ0v) is 17.8. The van der Waals surface area contributed by atoms with Gasteiger partial charge in [0.15, 0.2) is 5.65 Å². The molecule has 3 heterocycles. The van der Waals surface area contributed by atoms with E-state index in [0.717, 1.165) is 23.4 Å². The van der Waals surface area contributed by atoms with Gasteiger partial charge in [0, 0.05) is 44.8 Å². The van der Waals surface area contributed by atoms with Crippen LogP contribution in [0.1, 0.15) is 26.0 Å². The van der Waals surface area contributed by atoms with Gasteiger partial charge in [0.05, 0.1) is 18.7 Å². The monoisotopic (exact) mass is 418 g/mol. The highest BCUT2D eigenvalue weighted by atomic mass is 16.5. The number of carbonyl (C=O) groups excluding carboxylic acids is 2. The van der Waals surface area contributed by atoms with Gasteiger partial charge in [0.2, 0.25) is 5.91 Å². The number of rotatable bonds is 7. The number of nitrogens with zero attached hydrogens (tertiary/aromatic N) is 4. The number of nitrogens with one attached hydrogen (secondary N) is 1. The fourth-order valence-corrected chi connectivity index (χ4v) is 3.62. The molecule has 0 bridgehead atoms. The van der Waals surface area contributed by atoms with Crippen LogP contribution in [0.3, 0.4) is 0 Å². The van der Waals surface area contributed by atoms with E-state index in [4.69, 9.17) is 10.5 Å². The van der Waals surface area contributed by atoms with Crippen LogP contribution in [0.5, 0.6) is 0 Å². The highest BCUT2D eigenvalue weighted by Crippen LogP contribution is 2.18. The second kappa shape index (κ2) is 8.97. The van der Waals surface area contributed by atoms with E-state index in [2.05, 4.69) is 15.2 Å². The van der Waals surface area contributed by atoms with Crippen molar-refractivity contribution in [3.05, 3.63) is 28.3 Å². The first-order valence-corrected chi connectivity index (χ1v) is 10.1. The minimum Gasteiger partial charge on any atom is -0.379 e. The molecule has 1 saturated heterocycles. The molecule has 1 aliphatic rings. The Kier molecular flexibility index (Phi) is 6.57. The van der Waals surface area contributed by atoms with Crippen LogP contribution >= 0.6 is 0 Å². The van der Waals surface area contributed by atoms with Gasteiger partial charge in [-0.25, -0.2) is 19.1 Å². The van der Waals surface area contributed by atoms with Crippen molar-refractivity contribution in [2.45, 2.75) is 33.7 Å². The third-order valence-corrected chi connectivity index (χ3v) is 5.23. The van der Waals surface area contributed by atoms with Crippen LogP contribution in [0.15, 0.2) is 16.9 Å². The van der Waals surface area contributed by atoms with Crippen LogP contribution in [-0.2, 0) is 16.1 Å². The van der Waals surface area contributed by atoms with Gasteiger partial charge in [-0.1, -0.05) is 13.8 Å². The number of morpholine rings is 1. The number of amides is 2. The van der Waals surface area contributed by atoms with Crippen LogP contribution in [0.2, 0.25) is 0 Å². The summed E-state index contributed by atoms with van der Waals surface area (Å²) in [5, 5.41) is 2.76. The maximum Gasteiger partial charge on any atom is 0.338 e. The second-order valence-corrected chi connectivity index (χ2v) is 8.49. The lowest BCUT2D eigenvalue weighted by Gasteiger charge is -2.26. The minimum atomic E-state index is -0.543. The van der Waals surface area contributed by atoms with E-state index in [1.54, 1.807) is 16.7 Å². The van der Waals surface area contributed by atoms with Gasteiger partial charge in [-0.3, -0.25) is 14.3 Å². The molecule has 2 amide bonds. The van der Waals surface area contributed by atoms with E-state index in [-0.39, 0.29) is 13.0 Å². The summed E-state index contributed by atoms with van der Waals surface area (Å²) in [4.78, 5) is 44.0. The highest BCUT2D eigenvalue weighted by Gasteiger charge is 2.25. The predicted octanol–water partition coefficient (Wildman–Crippen LogP) is 0.298. The Bertz CT molecular complexity index is 987. The summed E-state index contributed by atoms with van der Waals surface area (Å²) in [6.07, 6.45) is 0.129. The fourth-order valence-electron chi connectivity index (χ4n) is 3.62. The number of aryl methyl sites for hydroxylation is 1. The standard InChI is InChI=1S/C20H30N6O4/c1-14-4-5-15-17(23-14)25(7-6-24-8-10-30-11-9-24)19(29)26(15)18(28)22-13-20(2,3)12-16(21)27/h4-5H,6-13H2,1-3H3,(H2,21,27)(H,22,28). The third-order valence-electron chi connectivity index (χ3n) is 5.23. The van der Waals surface area contributed by atoms with Gasteiger partial charge in [0.25, 0.3) is 0 Å². The maximum atomic E-state index is 13.1. The summed E-state index contributed by atoms with van der Waals surface area (Å²) < 4.78 is 8.03. The first kappa shape index (κ1) is 22.0. The van der Waals surface area contributed by atoms with Crippen LogP contribution < -0.4 is 16.7 Å². The molecule has 1 fully saturated rings. The Morgan fingerprint density at radius 1 is 1.23 bits per heavy atom. The molecule has 164 valence electrons. The number of pyridine rings is 1. The summed E-state index contributed by atoms with van der Waals surface area (Å²) in [6.45, 7) is 9.81. The lowest BCUT2D eigenvalue weighted by atomic mass is 9.89. The van der Waals surface area contributed by atoms with E-state index < -0.39 is 23.0 Å². The van der Waals surface area contributed by atoms with Gasteiger partial charge < -0.3 is 15.8 Å². The molecule has 2 aromatic rings. The van der Waals surface area contributed by atoms with Gasteiger partial charge in [0.1, 0.15) is 0 Å². The number of hydrogen-bond donors (Lipinski definition) is 2. The molecule has 10 nitrogen and oxygen atoms in total. The molecule has 3 rings (SSSR count). The van der Waals surface area contributed by atoms with Crippen LogP contribution in [0, 0.1) is 12.3 Å². The normalized spacial score (nSPS) is 15.4. The SMILES string of the molecule is Cc1ccc2c(n1)n(CCN1CCOCC1)c(=O)n2C(=O)NCC(C)(C)CC(N)=O. The Labute approximate surface area is 175 Å².